The number of carbonyl (C=O) groups is 2. The first-order chi connectivity index (χ1) is 13.6. The van der Waals surface area contributed by atoms with E-state index in [1.54, 1.807) is 29.0 Å². The molecule has 0 spiro atoms. The highest BCUT2D eigenvalue weighted by Crippen LogP contribution is 2.14. The topological polar surface area (TPSA) is 72.2 Å². The molecule has 150 valence electrons. The molecule has 1 fully saturated rings. The van der Waals surface area contributed by atoms with Crippen LogP contribution in [0.2, 0.25) is 0 Å². The number of furan rings is 1. The van der Waals surface area contributed by atoms with Gasteiger partial charge in [-0.15, -0.1) is 0 Å². The molecule has 1 saturated heterocycles. The third-order valence-corrected chi connectivity index (χ3v) is 4.73. The van der Waals surface area contributed by atoms with Gasteiger partial charge in [-0.2, -0.15) is 0 Å². The summed E-state index contributed by atoms with van der Waals surface area (Å²) in [6.45, 7) is 4.59. The van der Waals surface area contributed by atoms with Crippen molar-refractivity contribution < 1.29 is 23.5 Å². The van der Waals surface area contributed by atoms with Crippen LogP contribution in [-0.2, 0) is 9.47 Å². The Morgan fingerprint density at radius 2 is 2.04 bits per heavy atom. The average Bonchev–Trinajstić information content (AvgIpc) is 3.25. The van der Waals surface area contributed by atoms with Crippen molar-refractivity contribution in [1.82, 2.24) is 9.80 Å². The lowest BCUT2D eigenvalue weighted by Crippen LogP contribution is -2.51. The Morgan fingerprint density at radius 3 is 2.71 bits per heavy atom. The Balaban J connectivity index is 1.66. The van der Waals surface area contributed by atoms with Crippen LogP contribution in [0.15, 0.2) is 47.1 Å². The van der Waals surface area contributed by atoms with E-state index >= 15 is 0 Å². The van der Waals surface area contributed by atoms with E-state index < -0.39 is 0 Å². The molecule has 0 N–H and O–H groups in total. The molecule has 1 aliphatic heterocycles. The van der Waals surface area contributed by atoms with Gasteiger partial charge >= 0.3 is 0 Å². The molecule has 28 heavy (non-hydrogen) atoms. The third-order valence-electron chi connectivity index (χ3n) is 4.73. The molecular formula is C21H26N2O5. The zero-order valence-electron chi connectivity index (χ0n) is 16.3. The molecule has 0 bridgehead atoms. The number of hydrogen-bond acceptors (Lipinski definition) is 5. The van der Waals surface area contributed by atoms with Crippen LogP contribution in [0.3, 0.4) is 0 Å². The molecule has 1 aromatic heterocycles. The van der Waals surface area contributed by atoms with Crippen LogP contribution in [0.1, 0.15) is 26.5 Å². The highest BCUT2D eigenvalue weighted by atomic mass is 16.5. The van der Waals surface area contributed by atoms with Crippen molar-refractivity contribution >= 4 is 11.8 Å². The first kappa shape index (κ1) is 20.1. The van der Waals surface area contributed by atoms with E-state index in [0.717, 1.165) is 5.56 Å². The Bertz CT molecular complexity index is 773. The number of amides is 2. The van der Waals surface area contributed by atoms with Crippen LogP contribution < -0.4 is 0 Å². The fraction of sp³-hybridized carbons (Fsp3) is 0.429. The number of carbonyl (C=O) groups excluding carboxylic acids is 2. The van der Waals surface area contributed by atoms with Crippen molar-refractivity contribution in [3.8, 4) is 0 Å². The van der Waals surface area contributed by atoms with Crippen LogP contribution in [0, 0.1) is 6.92 Å². The standard InChI is InChI=1S/C21H26N2O5/c1-16-5-7-17(8-6-16)20(24)22(9-12-26-2)14-18-15-23(10-13-27-18)21(25)19-4-3-11-28-19/h3-8,11,18H,9-10,12-15H2,1-2H3. The Labute approximate surface area is 164 Å². The smallest absolute Gasteiger partial charge is 0.289 e. The Kier molecular flexibility index (Phi) is 6.84. The van der Waals surface area contributed by atoms with Crippen molar-refractivity contribution in [2.75, 3.05) is 46.5 Å². The summed E-state index contributed by atoms with van der Waals surface area (Å²) in [6, 6.07) is 10.8. The minimum atomic E-state index is -0.265. The lowest BCUT2D eigenvalue weighted by Gasteiger charge is -2.35. The number of aryl methyl sites for hydroxylation is 1. The summed E-state index contributed by atoms with van der Waals surface area (Å²) in [4.78, 5) is 28.9. The molecule has 2 heterocycles. The molecule has 0 aliphatic carbocycles. The van der Waals surface area contributed by atoms with Crippen LogP contribution in [0.25, 0.3) is 0 Å². The van der Waals surface area contributed by atoms with Crippen LogP contribution >= 0.6 is 0 Å². The molecular weight excluding hydrogens is 360 g/mol. The summed E-state index contributed by atoms with van der Waals surface area (Å²) >= 11 is 0. The Morgan fingerprint density at radius 1 is 1.25 bits per heavy atom. The van der Waals surface area contributed by atoms with Gasteiger partial charge in [-0.25, -0.2) is 0 Å². The Hall–Kier alpha value is -2.64. The van der Waals surface area contributed by atoms with Crippen LogP contribution in [0.5, 0.6) is 0 Å². The number of methoxy groups -OCH3 is 1. The van der Waals surface area contributed by atoms with Crippen molar-refractivity contribution in [2.24, 2.45) is 0 Å². The second-order valence-corrected chi connectivity index (χ2v) is 6.83. The monoisotopic (exact) mass is 386 g/mol. The molecule has 1 unspecified atom stereocenters. The summed E-state index contributed by atoms with van der Waals surface area (Å²) in [5.41, 5.74) is 1.73. The van der Waals surface area contributed by atoms with Crippen LogP contribution in [0.4, 0.5) is 0 Å². The van der Waals surface area contributed by atoms with Gasteiger partial charge in [-0.05, 0) is 31.2 Å². The zero-order valence-corrected chi connectivity index (χ0v) is 16.3. The number of rotatable bonds is 7. The van der Waals surface area contributed by atoms with E-state index in [-0.39, 0.29) is 17.9 Å². The number of hydrogen-bond donors (Lipinski definition) is 0. The second kappa shape index (κ2) is 9.52. The molecule has 0 radical (unpaired) electrons. The quantitative estimate of drug-likeness (QED) is 0.730. The third kappa shape index (κ3) is 4.99. The highest BCUT2D eigenvalue weighted by molar-refractivity contribution is 5.94. The highest BCUT2D eigenvalue weighted by Gasteiger charge is 2.29. The van der Waals surface area contributed by atoms with Gasteiger partial charge < -0.3 is 23.7 Å². The van der Waals surface area contributed by atoms with Gasteiger partial charge in [0.15, 0.2) is 5.76 Å². The van der Waals surface area contributed by atoms with Gasteiger partial charge in [0.05, 0.1) is 25.6 Å². The maximum atomic E-state index is 13.0. The van der Waals surface area contributed by atoms with Gasteiger partial charge in [0.25, 0.3) is 11.8 Å². The molecule has 2 amide bonds. The summed E-state index contributed by atoms with van der Waals surface area (Å²) in [6.07, 6.45) is 1.22. The maximum Gasteiger partial charge on any atom is 0.289 e. The predicted octanol–water partition coefficient (Wildman–Crippen LogP) is 2.22. The summed E-state index contributed by atoms with van der Waals surface area (Å²) < 4.78 is 16.2. The minimum Gasteiger partial charge on any atom is -0.459 e. The van der Waals surface area contributed by atoms with E-state index in [9.17, 15) is 9.59 Å². The number of morpholine rings is 1. The molecule has 0 saturated carbocycles. The molecule has 3 rings (SSSR count). The average molecular weight is 386 g/mol. The lowest BCUT2D eigenvalue weighted by molar-refractivity contribution is -0.0354. The van der Waals surface area contributed by atoms with Gasteiger partial charge in [0.1, 0.15) is 0 Å². The van der Waals surface area contributed by atoms with Gasteiger partial charge in [-0.1, -0.05) is 17.7 Å². The first-order valence-electron chi connectivity index (χ1n) is 9.37. The van der Waals surface area contributed by atoms with E-state index in [2.05, 4.69) is 0 Å². The van der Waals surface area contributed by atoms with Gasteiger partial charge in [0.2, 0.25) is 0 Å². The van der Waals surface area contributed by atoms with Crippen molar-refractivity contribution in [2.45, 2.75) is 13.0 Å². The lowest BCUT2D eigenvalue weighted by atomic mass is 10.1. The minimum absolute atomic E-state index is 0.0739. The summed E-state index contributed by atoms with van der Waals surface area (Å²) in [5, 5.41) is 0. The van der Waals surface area contributed by atoms with Gasteiger partial charge in [0, 0.05) is 38.9 Å². The first-order valence-corrected chi connectivity index (χ1v) is 9.37. The zero-order chi connectivity index (χ0) is 19.9. The second-order valence-electron chi connectivity index (χ2n) is 6.83. The fourth-order valence-corrected chi connectivity index (χ4v) is 3.17. The van der Waals surface area contributed by atoms with Crippen LogP contribution in [-0.4, -0.2) is 74.2 Å². The normalized spacial score (nSPS) is 16.8. The van der Waals surface area contributed by atoms with E-state index in [1.165, 1.54) is 6.26 Å². The van der Waals surface area contributed by atoms with E-state index in [1.807, 2.05) is 31.2 Å². The molecule has 7 nitrogen and oxygen atoms in total. The van der Waals surface area contributed by atoms with E-state index in [0.29, 0.717) is 50.7 Å². The maximum absolute atomic E-state index is 13.0. The SMILES string of the molecule is COCCN(CC1CN(C(=O)c2ccco2)CCO1)C(=O)c1ccc(C)cc1. The largest absolute Gasteiger partial charge is 0.459 e. The fourth-order valence-electron chi connectivity index (χ4n) is 3.17. The predicted molar refractivity (Wildman–Crippen MR) is 103 cm³/mol. The molecule has 7 heteroatoms. The summed E-state index contributed by atoms with van der Waals surface area (Å²) in [5.74, 6) is 0.0781. The van der Waals surface area contributed by atoms with Crippen molar-refractivity contribution in [3.05, 3.63) is 59.5 Å². The van der Waals surface area contributed by atoms with E-state index in [4.69, 9.17) is 13.9 Å². The molecule has 1 aromatic carbocycles. The molecule has 1 atom stereocenters. The van der Waals surface area contributed by atoms with Crippen molar-refractivity contribution in [3.63, 3.8) is 0 Å². The number of nitrogens with zero attached hydrogens (tertiary/aromatic N) is 2. The number of ether oxygens (including phenoxy) is 2. The van der Waals surface area contributed by atoms with Crippen molar-refractivity contribution in [1.29, 1.82) is 0 Å². The summed E-state index contributed by atoms with van der Waals surface area (Å²) in [7, 11) is 1.61. The molecule has 1 aliphatic rings. The molecule has 2 aromatic rings. The number of benzene rings is 1. The van der Waals surface area contributed by atoms with Gasteiger partial charge in [-0.3, -0.25) is 9.59 Å².